The fraction of sp³-hybridized carbons (Fsp3) is 0.462. The predicted molar refractivity (Wildman–Crippen MR) is 65.6 cm³/mol. The molecular weight excluding hydrogens is 256 g/mol. The van der Waals surface area contributed by atoms with E-state index in [9.17, 15) is 18.7 Å². The summed E-state index contributed by atoms with van der Waals surface area (Å²) in [4.78, 5) is 10.5. The van der Waals surface area contributed by atoms with Crippen molar-refractivity contribution < 1.29 is 23.8 Å². The normalized spacial score (nSPS) is 14.4. The van der Waals surface area contributed by atoms with Crippen LogP contribution < -0.4 is 5.32 Å². The lowest BCUT2D eigenvalue weighted by Crippen LogP contribution is -2.42. The van der Waals surface area contributed by atoms with E-state index in [1.54, 1.807) is 13.8 Å². The van der Waals surface area contributed by atoms with E-state index < -0.39 is 29.7 Å². The van der Waals surface area contributed by atoms with E-state index in [1.165, 1.54) is 0 Å². The van der Waals surface area contributed by atoms with E-state index in [0.717, 1.165) is 18.2 Å². The summed E-state index contributed by atoms with van der Waals surface area (Å²) < 4.78 is 26.7. The lowest BCUT2D eigenvalue weighted by atomic mass is 9.93. The van der Waals surface area contributed by atoms with Crippen molar-refractivity contribution in [1.29, 1.82) is 0 Å². The fourth-order valence-corrected chi connectivity index (χ4v) is 1.85. The first-order valence-electron chi connectivity index (χ1n) is 5.91. The van der Waals surface area contributed by atoms with Crippen LogP contribution in [0.2, 0.25) is 0 Å². The van der Waals surface area contributed by atoms with Gasteiger partial charge in [0, 0.05) is 11.6 Å². The third kappa shape index (κ3) is 4.25. The third-order valence-electron chi connectivity index (χ3n) is 2.82. The number of aliphatic carboxylic acids is 1. The number of hydrogen-bond donors (Lipinski definition) is 3. The van der Waals surface area contributed by atoms with Gasteiger partial charge in [-0.15, -0.1) is 0 Å². The highest BCUT2D eigenvalue weighted by atomic mass is 19.1. The molecule has 4 nitrogen and oxygen atoms in total. The maximum atomic E-state index is 13.6. The summed E-state index contributed by atoms with van der Waals surface area (Å²) in [5.74, 6) is -2.62. The number of nitrogens with one attached hydrogen (secondary N) is 1. The summed E-state index contributed by atoms with van der Waals surface area (Å²) in [7, 11) is 0. The summed E-state index contributed by atoms with van der Waals surface area (Å²) in [5, 5.41) is 21.3. The van der Waals surface area contributed by atoms with E-state index >= 15 is 0 Å². The van der Waals surface area contributed by atoms with Gasteiger partial charge in [-0.1, -0.05) is 13.8 Å². The standard InChI is InChI=1S/C13H17F2NO3/c1-7(2)12(16-6-11(17)18)13(19)9-5-8(14)3-4-10(9)15/h3-5,7,12-13,16,19H,6H2,1-2H3,(H,17,18). The number of aliphatic hydroxyl groups is 1. The van der Waals surface area contributed by atoms with Crippen LogP contribution in [0.4, 0.5) is 8.78 Å². The van der Waals surface area contributed by atoms with Crippen LogP contribution in [0.15, 0.2) is 18.2 Å². The van der Waals surface area contributed by atoms with Gasteiger partial charge in [-0.05, 0) is 24.1 Å². The first kappa shape index (κ1) is 15.5. The molecule has 0 amide bonds. The van der Waals surface area contributed by atoms with Gasteiger partial charge in [0.25, 0.3) is 0 Å². The molecule has 0 saturated carbocycles. The number of rotatable bonds is 6. The smallest absolute Gasteiger partial charge is 0.317 e. The van der Waals surface area contributed by atoms with Gasteiger partial charge < -0.3 is 15.5 Å². The van der Waals surface area contributed by atoms with Gasteiger partial charge in [0.1, 0.15) is 11.6 Å². The second kappa shape index (κ2) is 6.58. The summed E-state index contributed by atoms with van der Waals surface area (Å²) in [6, 6.07) is 2.12. The predicted octanol–water partition coefficient (Wildman–Crippen LogP) is 1.70. The summed E-state index contributed by atoms with van der Waals surface area (Å²) in [6.45, 7) is 3.14. The molecule has 2 unspecified atom stereocenters. The van der Waals surface area contributed by atoms with Crippen molar-refractivity contribution in [3.05, 3.63) is 35.4 Å². The zero-order valence-electron chi connectivity index (χ0n) is 10.7. The van der Waals surface area contributed by atoms with Gasteiger partial charge in [0.2, 0.25) is 0 Å². The van der Waals surface area contributed by atoms with Crippen LogP contribution in [-0.2, 0) is 4.79 Å². The van der Waals surface area contributed by atoms with E-state index in [-0.39, 0.29) is 18.0 Å². The number of carboxylic acid groups (broad SMARTS) is 1. The Balaban J connectivity index is 2.95. The number of halogens is 2. The maximum Gasteiger partial charge on any atom is 0.317 e. The molecule has 0 spiro atoms. The molecule has 0 aliphatic heterocycles. The Morgan fingerprint density at radius 1 is 1.37 bits per heavy atom. The van der Waals surface area contributed by atoms with Crippen molar-refractivity contribution in [1.82, 2.24) is 5.32 Å². The van der Waals surface area contributed by atoms with Crippen LogP contribution in [0.1, 0.15) is 25.5 Å². The first-order valence-corrected chi connectivity index (χ1v) is 5.91. The minimum atomic E-state index is -1.32. The molecule has 0 heterocycles. The monoisotopic (exact) mass is 273 g/mol. The van der Waals surface area contributed by atoms with E-state index in [4.69, 9.17) is 5.11 Å². The van der Waals surface area contributed by atoms with Crippen LogP contribution in [0.25, 0.3) is 0 Å². The number of aliphatic hydroxyl groups excluding tert-OH is 1. The number of hydrogen-bond acceptors (Lipinski definition) is 3. The molecule has 1 aromatic carbocycles. The molecule has 6 heteroatoms. The van der Waals surface area contributed by atoms with Gasteiger partial charge >= 0.3 is 5.97 Å². The van der Waals surface area contributed by atoms with E-state index in [2.05, 4.69) is 5.32 Å². The second-order valence-electron chi connectivity index (χ2n) is 4.66. The Labute approximate surface area is 110 Å². The topological polar surface area (TPSA) is 69.6 Å². The van der Waals surface area contributed by atoms with Crippen molar-refractivity contribution >= 4 is 5.97 Å². The molecule has 2 atom stereocenters. The molecule has 19 heavy (non-hydrogen) atoms. The van der Waals surface area contributed by atoms with Crippen LogP contribution in [0.3, 0.4) is 0 Å². The molecule has 0 saturated heterocycles. The number of carbonyl (C=O) groups is 1. The minimum absolute atomic E-state index is 0.156. The van der Waals surface area contributed by atoms with Gasteiger partial charge in [0.05, 0.1) is 12.6 Å². The molecule has 106 valence electrons. The Hall–Kier alpha value is -1.53. The average molecular weight is 273 g/mol. The van der Waals surface area contributed by atoms with Crippen LogP contribution in [-0.4, -0.2) is 28.8 Å². The largest absolute Gasteiger partial charge is 0.480 e. The fourth-order valence-electron chi connectivity index (χ4n) is 1.85. The zero-order valence-corrected chi connectivity index (χ0v) is 10.7. The number of carboxylic acids is 1. The molecule has 1 rings (SSSR count). The van der Waals surface area contributed by atoms with Crippen molar-refractivity contribution in [2.75, 3.05) is 6.54 Å². The van der Waals surface area contributed by atoms with Gasteiger partial charge in [-0.3, -0.25) is 4.79 Å². The molecule has 1 aromatic rings. The SMILES string of the molecule is CC(C)C(NCC(=O)O)C(O)c1cc(F)ccc1F. The quantitative estimate of drug-likeness (QED) is 0.738. The molecule has 0 aliphatic carbocycles. The van der Waals surface area contributed by atoms with Gasteiger partial charge in [0.15, 0.2) is 0 Å². The van der Waals surface area contributed by atoms with Crippen molar-refractivity contribution in [2.24, 2.45) is 5.92 Å². The molecule has 0 fully saturated rings. The van der Waals surface area contributed by atoms with Gasteiger partial charge in [-0.2, -0.15) is 0 Å². The third-order valence-corrected chi connectivity index (χ3v) is 2.82. The zero-order chi connectivity index (χ0) is 14.6. The molecular formula is C13H17F2NO3. The first-order chi connectivity index (χ1) is 8.82. The van der Waals surface area contributed by atoms with Crippen molar-refractivity contribution in [3.63, 3.8) is 0 Å². The summed E-state index contributed by atoms with van der Waals surface area (Å²) in [6.07, 6.45) is -1.32. The highest BCUT2D eigenvalue weighted by molar-refractivity contribution is 5.69. The second-order valence-corrected chi connectivity index (χ2v) is 4.66. The van der Waals surface area contributed by atoms with Crippen LogP contribution in [0.5, 0.6) is 0 Å². The highest BCUT2D eigenvalue weighted by Gasteiger charge is 2.26. The molecule has 0 radical (unpaired) electrons. The molecule has 3 N–H and O–H groups in total. The number of benzene rings is 1. The van der Waals surface area contributed by atoms with E-state index in [1.807, 2.05) is 0 Å². The lowest BCUT2D eigenvalue weighted by Gasteiger charge is -2.27. The van der Waals surface area contributed by atoms with Crippen LogP contribution >= 0.6 is 0 Å². The highest BCUT2D eigenvalue weighted by Crippen LogP contribution is 2.25. The molecule has 0 aliphatic rings. The van der Waals surface area contributed by atoms with Crippen molar-refractivity contribution in [3.8, 4) is 0 Å². The van der Waals surface area contributed by atoms with Gasteiger partial charge in [-0.25, -0.2) is 8.78 Å². The Morgan fingerprint density at radius 2 is 2.00 bits per heavy atom. The van der Waals surface area contributed by atoms with Crippen LogP contribution in [0, 0.1) is 17.6 Å². The van der Waals surface area contributed by atoms with Crippen molar-refractivity contribution in [2.45, 2.75) is 26.0 Å². The lowest BCUT2D eigenvalue weighted by molar-refractivity contribution is -0.136. The Kier molecular flexibility index (Phi) is 5.38. The minimum Gasteiger partial charge on any atom is -0.480 e. The summed E-state index contributed by atoms with van der Waals surface area (Å²) in [5.41, 5.74) is -0.184. The Morgan fingerprint density at radius 3 is 2.53 bits per heavy atom. The summed E-state index contributed by atoms with van der Waals surface area (Å²) >= 11 is 0. The maximum absolute atomic E-state index is 13.6. The molecule has 0 bridgehead atoms. The average Bonchev–Trinajstić information content (AvgIpc) is 2.31. The van der Waals surface area contributed by atoms with E-state index in [0.29, 0.717) is 0 Å². The molecule has 0 aromatic heterocycles. The Bertz CT molecular complexity index is 452.